The van der Waals surface area contributed by atoms with Crippen LogP contribution in [0.2, 0.25) is 0 Å². The van der Waals surface area contributed by atoms with Gasteiger partial charge in [-0.1, -0.05) is 23.5 Å². The Morgan fingerprint density at radius 2 is 2.20 bits per heavy atom. The van der Waals surface area contributed by atoms with Crippen LogP contribution in [-0.2, 0) is 9.59 Å². The van der Waals surface area contributed by atoms with Gasteiger partial charge in [-0.05, 0) is 37.1 Å². The van der Waals surface area contributed by atoms with Crippen molar-refractivity contribution >= 4 is 39.2 Å². The van der Waals surface area contributed by atoms with E-state index < -0.39 is 6.04 Å². The van der Waals surface area contributed by atoms with Crippen molar-refractivity contribution in [2.75, 3.05) is 5.32 Å². The molecule has 2 N–H and O–H groups in total. The first-order valence-electron chi connectivity index (χ1n) is 8.03. The van der Waals surface area contributed by atoms with Gasteiger partial charge in [0.1, 0.15) is 21.4 Å². The van der Waals surface area contributed by atoms with Crippen molar-refractivity contribution < 1.29 is 9.59 Å². The highest BCUT2D eigenvalue weighted by molar-refractivity contribution is 7.21. The Hall–Kier alpha value is -2.80. The van der Waals surface area contributed by atoms with Crippen LogP contribution in [0.5, 0.6) is 0 Å². The predicted octanol–water partition coefficient (Wildman–Crippen LogP) is 2.88. The third-order valence-corrected chi connectivity index (χ3v) is 5.31. The molecule has 0 bridgehead atoms. The third kappa shape index (κ3) is 2.98. The van der Waals surface area contributed by atoms with Gasteiger partial charge in [-0.3, -0.25) is 9.59 Å². The first-order chi connectivity index (χ1) is 12.1. The number of carbonyl (C=O) groups excluding carboxylic acids is 2. The van der Waals surface area contributed by atoms with E-state index >= 15 is 0 Å². The number of hydrogen-bond acceptors (Lipinski definition) is 5. The fourth-order valence-corrected chi connectivity index (χ4v) is 3.91. The van der Waals surface area contributed by atoms with Crippen LogP contribution in [0.3, 0.4) is 0 Å². The Bertz CT molecular complexity index is 949. The molecule has 25 heavy (non-hydrogen) atoms. The molecule has 1 aliphatic rings. The number of benzene rings is 1. The molecule has 0 spiro atoms. The number of nitrogens with one attached hydrogen (secondary N) is 2. The molecule has 1 atom stereocenters. The summed E-state index contributed by atoms with van der Waals surface area (Å²) in [5.74, 6) is -0.260. The Labute approximate surface area is 148 Å². The number of amides is 2. The summed E-state index contributed by atoms with van der Waals surface area (Å²) in [5, 5.41) is 6.48. The number of carbonyl (C=O) groups is 2. The van der Waals surface area contributed by atoms with Gasteiger partial charge in [0.15, 0.2) is 0 Å². The SMILES string of the molecule is Cc1c(NC(=O)C2CCC(=O)N2)cccc1-c1nc2cccnc2s1. The predicted molar refractivity (Wildman–Crippen MR) is 97.4 cm³/mol. The van der Waals surface area contributed by atoms with E-state index in [0.29, 0.717) is 12.8 Å². The molecule has 3 heterocycles. The molecule has 2 amide bonds. The summed E-state index contributed by atoms with van der Waals surface area (Å²) < 4.78 is 0. The molecule has 1 fully saturated rings. The zero-order valence-electron chi connectivity index (χ0n) is 13.6. The molecule has 0 aliphatic carbocycles. The third-order valence-electron chi connectivity index (χ3n) is 4.30. The number of fused-ring (bicyclic) bond motifs is 1. The number of nitrogens with zero attached hydrogens (tertiary/aromatic N) is 2. The minimum absolute atomic E-state index is 0.0763. The fraction of sp³-hybridized carbons (Fsp3) is 0.222. The zero-order valence-corrected chi connectivity index (χ0v) is 14.4. The van der Waals surface area contributed by atoms with Crippen molar-refractivity contribution in [3.63, 3.8) is 0 Å². The highest BCUT2D eigenvalue weighted by Crippen LogP contribution is 2.33. The Balaban J connectivity index is 1.63. The van der Waals surface area contributed by atoms with Crippen molar-refractivity contribution in [2.24, 2.45) is 0 Å². The zero-order chi connectivity index (χ0) is 17.4. The molecule has 0 radical (unpaired) electrons. The molecule has 1 aliphatic heterocycles. The van der Waals surface area contributed by atoms with Gasteiger partial charge in [0.05, 0.1) is 0 Å². The normalized spacial score (nSPS) is 16.8. The van der Waals surface area contributed by atoms with Gasteiger partial charge < -0.3 is 10.6 Å². The van der Waals surface area contributed by atoms with E-state index in [1.165, 1.54) is 11.3 Å². The molecule has 3 aromatic rings. The van der Waals surface area contributed by atoms with E-state index in [0.717, 1.165) is 32.2 Å². The molecule has 6 nitrogen and oxygen atoms in total. The lowest BCUT2D eigenvalue weighted by Crippen LogP contribution is -2.37. The van der Waals surface area contributed by atoms with E-state index in [9.17, 15) is 9.59 Å². The molecular weight excluding hydrogens is 336 g/mol. The van der Waals surface area contributed by atoms with Crippen LogP contribution in [0.25, 0.3) is 20.9 Å². The van der Waals surface area contributed by atoms with Crippen molar-refractivity contribution in [1.82, 2.24) is 15.3 Å². The van der Waals surface area contributed by atoms with Gasteiger partial charge in [-0.25, -0.2) is 9.97 Å². The minimum Gasteiger partial charge on any atom is -0.344 e. The smallest absolute Gasteiger partial charge is 0.246 e. The van der Waals surface area contributed by atoms with Gasteiger partial charge in [-0.2, -0.15) is 0 Å². The molecular formula is C18H16N4O2S. The summed E-state index contributed by atoms with van der Waals surface area (Å²) >= 11 is 1.53. The van der Waals surface area contributed by atoms with Gasteiger partial charge in [-0.15, -0.1) is 0 Å². The summed E-state index contributed by atoms with van der Waals surface area (Å²) in [5.41, 5.74) is 3.51. The van der Waals surface area contributed by atoms with Crippen LogP contribution in [0.4, 0.5) is 5.69 Å². The average molecular weight is 352 g/mol. The van der Waals surface area contributed by atoms with E-state index in [-0.39, 0.29) is 11.8 Å². The lowest BCUT2D eigenvalue weighted by atomic mass is 10.1. The van der Waals surface area contributed by atoms with E-state index in [4.69, 9.17) is 0 Å². The fourth-order valence-electron chi connectivity index (χ4n) is 2.92. The Morgan fingerprint density at radius 1 is 1.32 bits per heavy atom. The molecule has 1 unspecified atom stereocenters. The van der Waals surface area contributed by atoms with Crippen LogP contribution in [0.1, 0.15) is 18.4 Å². The molecule has 2 aromatic heterocycles. The average Bonchev–Trinajstić information content (AvgIpc) is 3.22. The van der Waals surface area contributed by atoms with E-state index in [2.05, 4.69) is 20.6 Å². The highest BCUT2D eigenvalue weighted by atomic mass is 32.1. The number of hydrogen-bond donors (Lipinski definition) is 2. The maximum atomic E-state index is 12.4. The van der Waals surface area contributed by atoms with Crippen molar-refractivity contribution in [2.45, 2.75) is 25.8 Å². The van der Waals surface area contributed by atoms with Crippen LogP contribution < -0.4 is 10.6 Å². The van der Waals surface area contributed by atoms with Gasteiger partial charge in [0.2, 0.25) is 11.8 Å². The molecule has 4 rings (SSSR count). The monoisotopic (exact) mass is 352 g/mol. The quantitative estimate of drug-likeness (QED) is 0.759. The summed E-state index contributed by atoms with van der Waals surface area (Å²) in [7, 11) is 0. The van der Waals surface area contributed by atoms with Crippen molar-refractivity contribution in [3.05, 3.63) is 42.1 Å². The molecule has 0 saturated carbocycles. The first-order valence-corrected chi connectivity index (χ1v) is 8.85. The van der Waals surface area contributed by atoms with Crippen LogP contribution in [0.15, 0.2) is 36.5 Å². The van der Waals surface area contributed by atoms with E-state index in [1.807, 2.05) is 37.3 Å². The number of aromatic nitrogens is 2. The maximum Gasteiger partial charge on any atom is 0.246 e. The minimum atomic E-state index is -0.456. The Morgan fingerprint density at radius 3 is 2.96 bits per heavy atom. The number of anilines is 1. The van der Waals surface area contributed by atoms with Crippen molar-refractivity contribution in [1.29, 1.82) is 0 Å². The highest BCUT2D eigenvalue weighted by Gasteiger charge is 2.27. The number of thiazole rings is 1. The van der Waals surface area contributed by atoms with Crippen LogP contribution in [-0.4, -0.2) is 27.8 Å². The summed E-state index contributed by atoms with van der Waals surface area (Å²) in [6.07, 6.45) is 2.69. The summed E-state index contributed by atoms with van der Waals surface area (Å²) in [6.45, 7) is 1.96. The maximum absolute atomic E-state index is 12.4. The van der Waals surface area contributed by atoms with Crippen LogP contribution in [0, 0.1) is 6.92 Å². The lowest BCUT2D eigenvalue weighted by molar-refractivity contribution is -0.122. The second kappa shape index (κ2) is 6.25. The molecule has 7 heteroatoms. The topological polar surface area (TPSA) is 84.0 Å². The van der Waals surface area contributed by atoms with Crippen molar-refractivity contribution in [3.8, 4) is 10.6 Å². The largest absolute Gasteiger partial charge is 0.344 e. The lowest BCUT2D eigenvalue weighted by Gasteiger charge is -2.14. The van der Waals surface area contributed by atoms with Crippen LogP contribution >= 0.6 is 11.3 Å². The second-order valence-corrected chi connectivity index (χ2v) is 6.95. The second-order valence-electron chi connectivity index (χ2n) is 5.97. The van der Waals surface area contributed by atoms with Gasteiger partial charge in [0.25, 0.3) is 0 Å². The van der Waals surface area contributed by atoms with Gasteiger partial charge in [0, 0.05) is 23.9 Å². The molecule has 126 valence electrons. The Kier molecular flexibility index (Phi) is 3.93. The number of rotatable bonds is 3. The van der Waals surface area contributed by atoms with E-state index in [1.54, 1.807) is 6.20 Å². The van der Waals surface area contributed by atoms with Gasteiger partial charge >= 0.3 is 0 Å². The molecule has 1 aromatic carbocycles. The number of pyridine rings is 1. The summed E-state index contributed by atoms with van der Waals surface area (Å²) in [6, 6.07) is 9.09. The molecule has 1 saturated heterocycles. The standard InChI is InChI=1S/C18H16N4O2S/c1-10-11(17-22-14-6-3-9-19-18(14)25-17)4-2-5-12(10)21-16(24)13-7-8-15(23)20-13/h2-6,9,13H,7-8H2,1H3,(H,20,23)(H,21,24). The summed E-state index contributed by atoms with van der Waals surface area (Å²) in [4.78, 5) is 33.5. The first kappa shape index (κ1) is 15.7.